The molecule has 0 aliphatic carbocycles. The lowest BCUT2D eigenvalue weighted by Gasteiger charge is -2.08. The molecule has 7 heteroatoms. The quantitative estimate of drug-likeness (QED) is 0.754. The number of hydrogen-bond acceptors (Lipinski definition) is 4. The first-order valence-corrected chi connectivity index (χ1v) is 7.95. The minimum absolute atomic E-state index is 0.0947. The molecule has 0 radical (unpaired) electrons. The van der Waals surface area contributed by atoms with E-state index in [1.54, 1.807) is 24.4 Å². The molecular formula is C18H20F2N2O3. The highest BCUT2D eigenvalue weighted by atomic mass is 19.3. The summed E-state index contributed by atoms with van der Waals surface area (Å²) in [5, 5.41) is 2.83. The van der Waals surface area contributed by atoms with E-state index in [0.29, 0.717) is 31.9 Å². The Morgan fingerprint density at radius 2 is 1.96 bits per heavy atom. The van der Waals surface area contributed by atoms with Crippen molar-refractivity contribution in [2.45, 2.75) is 32.9 Å². The average Bonchev–Trinajstić information content (AvgIpc) is 2.59. The van der Waals surface area contributed by atoms with Crippen LogP contribution in [0.4, 0.5) is 8.78 Å². The highest BCUT2D eigenvalue weighted by molar-refractivity contribution is 5.76. The number of benzene rings is 1. The molecule has 0 aliphatic heterocycles. The van der Waals surface area contributed by atoms with Gasteiger partial charge in [-0.05, 0) is 42.7 Å². The normalized spacial score (nSPS) is 10.6. The lowest BCUT2D eigenvalue weighted by atomic mass is 10.1. The molecule has 0 spiro atoms. The second kappa shape index (κ2) is 9.56. The number of alkyl halides is 2. The Morgan fingerprint density at radius 1 is 1.20 bits per heavy atom. The molecule has 1 amide bonds. The van der Waals surface area contributed by atoms with Crippen LogP contribution in [0.25, 0.3) is 0 Å². The second-order valence-corrected chi connectivity index (χ2v) is 5.23. The number of aromatic nitrogens is 1. The number of ether oxygens (including phenoxy) is 2. The van der Waals surface area contributed by atoms with Crippen LogP contribution in [0, 0.1) is 0 Å². The summed E-state index contributed by atoms with van der Waals surface area (Å²) in [4.78, 5) is 16.0. The lowest BCUT2D eigenvalue weighted by molar-refractivity contribution is -0.121. The number of pyridine rings is 1. The van der Waals surface area contributed by atoms with E-state index in [1.165, 1.54) is 12.1 Å². The van der Waals surface area contributed by atoms with Gasteiger partial charge in [-0.3, -0.25) is 4.79 Å². The Hall–Kier alpha value is -2.70. The minimum atomic E-state index is -2.84. The van der Waals surface area contributed by atoms with E-state index in [-0.39, 0.29) is 11.7 Å². The van der Waals surface area contributed by atoms with Crippen molar-refractivity contribution in [3.05, 3.63) is 53.7 Å². The van der Waals surface area contributed by atoms with E-state index in [0.717, 1.165) is 11.1 Å². The van der Waals surface area contributed by atoms with Crippen molar-refractivity contribution in [1.82, 2.24) is 10.3 Å². The number of hydrogen-bond donors (Lipinski definition) is 1. The average molecular weight is 350 g/mol. The van der Waals surface area contributed by atoms with Gasteiger partial charge in [-0.1, -0.05) is 12.1 Å². The monoisotopic (exact) mass is 350 g/mol. The van der Waals surface area contributed by atoms with Crippen LogP contribution in [-0.2, 0) is 17.8 Å². The maximum atomic E-state index is 12.1. The first kappa shape index (κ1) is 18.6. The number of halogens is 2. The number of nitrogens with zero attached hydrogens (tertiary/aromatic N) is 1. The molecule has 0 bridgehead atoms. The van der Waals surface area contributed by atoms with Crippen LogP contribution in [0.2, 0.25) is 0 Å². The van der Waals surface area contributed by atoms with Crippen molar-refractivity contribution >= 4 is 5.91 Å². The second-order valence-electron chi connectivity index (χ2n) is 5.23. The van der Waals surface area contributed by atoms with E-state index in [4.69, 9.17) is 4.74 Å². The number of rotatable bonds is 9. The van der Waals surface area contributed by atoms with Crippen LogP contribution in [0.15, 0.2) is 42.6 Å². The molecule has 0 saturated carbocycles. The van der Waals surface area contributed by atoms with Crippen LogP contribution in [-0.4, -0.2) is 24.1 Å². The third-order valence-electron chi connectivity index (χ3n) is 3.37. The van der Waals surface area contributed by atoms with Gasteiger partial charge in [0.15, 0.2) is 0 Å². The Kier molecular flexibility index (Phi) is 7.13. The van der Waals surface area contributed by atoms with E-state index in [2.05, 4.69) is 15.0 Å². The summed E-state index contributed by atoms with van der Waals surface area (Å²) in [6, 6.07) is 9.86. The Morgan fingerprint density at radius 3 is 2.64 bits per heavy atom. The van der Waals surface area contributed by atoms with Crippen LogP contribution in [0.5, 0.6) is 11.6 Å². The number of nitrogens with one attached hydrogen (secondary N) is 1. The standard InChI is InChI=1S/C18H20F2N2O3/c1-2-24-17-11-14(9-10-21-17)12-22-16(23)8-5-13-3-6-15(7-4-13)25-18(19)20/h3-4,6-7,9-11,18H,2,5,8,12H2,1H3,(H,22,23). The SMILES string of the molecule is CCOc1cc(CNC(=O)CCc2ccc(OC(F)F)cc2)ccn1. The maximum absolute atomic E-state index is 12.1. The molecule has 1 heterocycles. The van der Waals surface area contributed by atoms with Gasteiger partial charge in [0.25, 0.3) is 0 Å². The van der Waals surface area contributed by atoms with Gasteiger partial charge in [-0.15, -0.1) is 0 Å². The third-order valence-corrected chi connectivity index (χ3v) is 3.37. The number of carbonyl (C=O) groups excluding carboxylic acids is 1. The zero-order valence-corrected chi connectivity index (χ0v) is 13.9. The number of amides is 1. The molecule has 2 rings (SSSR count). The molecule has 1 N–H and O–H groups in total. The molecular weight excluding hydrogens is 330 g/mol. The molecule has 0 saturated heterocycles. The molecule has 0 atom stereocenters. The first-order chi connectivity index (χ1) is 12.1. The number of carbonyl (C=O) groups is 1. The van der Waals surface area contributed by atoms with Gasteiger partial charge in [0, 0.05) is 25.2 Å². The van der Waals surface area contributed by atoms with Crippen LogP contribution in [0.1, 0.15) is 24.5 Å². The summed E-state index contributed by atoms with van der Waals surface area (Å²) in [5.74, 6) is 0.536. The molecule has 25 heavy (non-hydrogen) atoms. The molecule has 1 aromatic heterocycles. The largest absolute Gasteiger partial charge is 0.478 e. The van der Waals surface area contributed by atoms with Crippen LogP contribution in [0.3, 0.4) is 0 Å². The molecule has 5 nitrogen and oxygen atoms in total. The molecule has 2 aromatic rings. The summed E-state index contributed by atoms with van der Waals surface area (Å²) in [5.41, 5.74) is 1.78. The predicted molar refractivity (Wildman–Crippen MR) is 88.6 cm³/mol. The Bertz CT molecular complexity index is 678. The minimum Gasteiger partial charge on any atom is -0.478 e. The van der Waals surface area contributed by atoms with Crippen LogP contribution < -0.4 is 14.8 Å². The maximum Gasteiger partial charge on any atom is 0.387 e. The summed E-state index contributed by atoms with van der Waals surface area (Å²) in [7, 11) is 0. The molecule has 0 aliphatic rings. The fraction of sp³-hybridized carbons (Fsp3) is 0.333. The van der Waals surface area contributed by atoms with Gasteiger partial charge in [0.1, 0.15) is 5.75 Å². The zero-order chi connectivity index (χ0) is 18.1. The summed E-state index contributed by atoms with van der Waals surface area (Å²) in [6.07, 6.45) is 2.45. The summed E-state index contributed by atoms with van der Waals surface area (Å²) < 4.78 is 33.8. The van der Waals surface area contributed by atoms with Gasteiger partial charge in [0.2, 0.25) is 11.8 Å². The van der Waals surface area contributed by atoms with Gasteiger partial charge >= 0.3 is 6.61 Å². The van der Waals surface area contributed by atoms with E-state index < -0.39 is 6.61 Å². The number of aryl methyl sites for hydroxylation is 1. The smallest absolute Gasteiger partial charge is 0.387 e. The van der Waals surface area contributed by atoms with E-state index >= 15 is 0 Å². The van der Waals surface area contributed by atoms with Gasteiger partial charge in [-0.25, -0.2) is 4.98 Å². The molecule has 0 unspecified atom stereocenters. The molecule has 134 valence electrons. The van der Waals surface area contributed by atoms with Gasteiger partial charge < -0.3 is 14.8 Å². The van der Waals surface area contributed by atoms with Crippen molar-refractivity contribution in [1.29, 1.82) is 0 Å². The zero-order valence-electron chi connectivity index (χ0n) is 13.9. The predicted octanol–water partition coefficient (Wildman–Crippen LogP) is 3.33. The Balaban J connectivity index is 1.76. The third kappa shape index (κ3) is 6.74. The van der Waals surface area contributed by atoms with E-state index in [1.807, 2.05) is 13.0 Å². The summed E-state index contributed by atoms with van der Waals surface area (Å²) in [6.45, 7) is -0.0393. The van der Waals surface area contributed by atoms with Crippen molar-refractivity contribution < 1.29 is 23.0 Å². The van der Waals surface area contributed by atoms with Crippen molar-refractivity contribution in [2.24, 2.45) is 0 Å². The lowest BCUT2D eigenvalue weighted by Crippen LogP contribution is -2.23. The van der Waals surface area contributed by atoms with Gasteiger partial charge in [-0.2, -0.15) is 8.78 Å². The van der Waals surface area contributed by atoms with Crippen molar-refractivity contribution in [3.8, 4) is 11.6 Å². The van der Waals surface area contributed by atoms with Crippen LogP contribution >= 0.6 is 0 Å². The Labute approximate surface area is 145 Å². The molecule has 1 aromatic carbocycles. The first-order valence-electron chi connectivity index (χ1n) is 7.95. The fourth-order valence-electron chi connectivity index (χ4n) is 2.17. The van der Waals surface area contributed by atoms with Crippen molar-refractivity contribution in [2.75, 3.05) is 6.61 Å². The summed E-state index contributed by atoms with van der Waals surface area (Å²) >= 11 is 0. The van der Waals surface area contributed by atoms with Gasteiger partial charge in [0.05, 0.1) is 6.61 Å². The van der Waals surface area contributed by atoms with E-state index in [9.17, 15) is 13.6 Å². The topological polar surface area (TPSA) is 60.5 Å². The highest BCUT2D eigenvalue weighted by Crippen LogP contribution is 2.16. The molecule has 0 fully saturated rings. The van der Waals surface area contributed by atoms with Crippen molar-refractivity contribution in [3.63, 3.8) is 0 Å². The fourth-order valence-corrected chi connectivity index (χ4v) is 2.17. The highest BCUT2D eigenvalue weighted by Gasteiger charge is 2.06.